The van der Waals surface area contributed by atoms with Gasteiger partial charge in [0.25, 0.3) is 0 Å². The Bertz CT molecular complexity index is 533. The number of anilines is 1. The summed E-state index contributed by atoms with van der Waals surface area (Å²) in [5.74, 6) is -0.918. The van der Waals surface area contributed by atoms with E-state index in [1.807, 2.05) is 32.1 Å². The van der Waals surface area contributed by atoms with Crippen molar-refractivity contribution < 1.29 is 9.90 Å². The molecule has 18 heavy (non-hydrogen) atoms. The lowest BCUT2D eigenvalue weighted by molar-refractivity contribution is -0.132. The van der Waals surface area contributed by atoms with Crippen LogP contribution in [0.4, 0.5) is 5.69 Å². The van der Waals surface area contributed by atoms with E-state index >= 15 is 0 Å². The summed E-state index contributed by atoms with van der Waals surface area (Å²) < 4.78 is 0. The summed E-state index contributed by atoms with van der Waals surface area (Å²) in [7, 11) is 0. The van der Waals surface area contributed by atoms with E-state index in [0.717, 1.165) is 11.3 Å². The van der Waals surface area contributed by atoms with Crippen LogP contribution in [-0.2, 0) is 4.79 Å². The van der Waals surface area contributed by atoms with Crippen molar-refractivity contribution in [1.29, 1.82) is 0 Å². The molecule has 0 amide bonds. The molecule has 0 unspecified atom stereocenters. The number of carboxylic acids is 1. The maximum Gasteiger partial charge on any atom is 0.337 e. The van der Waals surface area contributed by atoms with E-state index in [2.05, 4.69) is 11.5 Å². The number of carbonyl (C=O) groups is 1. The first kappa shape index (κ1) is 12.2. The Morgan fingerprint density at radius 3 is 2.83 bits per heavy atom. The van der Waals surface area contributed by atoms with Crippen molar-refractivity contribution in [2.75, 3.05) is 12.0 Å². The van der Waals surface area contributed by atoms with Crippen molar-refractivity contribution >= 4 is 11.7 Å². The van der Waals surface area contributed by atoms with Gasteiger partial charge in [0.2, 0.25) is 0 Å². The van der Waals surface area contributed by atoms with Crippen molar-refractivity contribution in [1.82, 2.24) is 5.01 Å². The zero-order valence-corrected chi connectivity index (χ0v) is 10.5. The van der Waals surface area contributed by atoms with Crippen LogP contribution in [-0.4, -0.2) is 22.6 Å². The van der Waals surface area contributed by atoms with Gasteiger partial charge in [-0.25, -0.2) is 4.79 Å². The van der Waals surface area contributed by atoms with Crippen molar-refractivity contribution in [3.05, 3.63) is 53.3 Å². The van der Waals surface area contributed by atoms with E-state index in [1.54, 1.807) is 17.3 Å². The third kappa shape index (κ3) is 2.71. The third-order valence-electron chi connectivity index (χ3n) is 2.79. The number of hydrazine groups is 1. The van der Waals surface area contributed by atoms with Crippen LogP contribution in [0, 0.1) is 13.8 Å². The average molecular weight is 244 g/mol. The van der Waals surface area contributed by atoms with Gasteiger partial charge < -0.3 is 5.11 Å². The Hall–Kier alpha value is -2.23. The van der Waals surface area contributed by atoms with Gasteiger partial charge in [-0.1, -0.05) is 23.8 Å². The van der Waals surface area contributed by atoms with E-state index < -0.39 is 5.97 Å². The van der Waals surface area contributed by atoms with Crippen molar-refractivity contribution in [2.45, 2.75) is 13.8 Å². The number of rotatable bonds is 3. The van der Waals surface area contributed by atoms with Crippen LogP contribution in [0.25, 0.3) is 0 Å². The molecule has 2 N–H and O–H groups in total. The van der Waals surface area contributed by atoms with E-state index in [0.29, 0.717) is 6.54 Å². The monoisotopic (exact) mass is 244 g/mol. The first-order chi connectivity index (χ1) is 8.56. The number of nitrogens with zero attached hydrogens (tertiary/aromatic N) is 1. The molecule has 0 radical (unpaired) electrons. The number of hydrogen-bond donors (Lipinski definition) is 2. The fourth-order valence-electron chi connectivity index (χ4n) is 1.86. The molecule has 0 aromatic heterocycles. The molecule has 0 spiro atoms. The Morgan fingerprint density at radius 2 is 2.17 bits per heavy atom. The number of benzene rings is 1. The van der Waals surface area contributed by atoms with Gasteiger partial charge in [0.05, 0.1) is 17.8 Å². The summed E-state index contributed by atoms with van der Waals surface area (Å²) in [5.41, 5.74) is 6.80. The number of carboxylic acid groups (broad SMARTS) is 1. The Morgan fingerprint density at radius 1 is 1.39 bits per heavy atom. The molecular weight excluding hydrogens is 228 g/mol. The Balaban J connectivity index is 2.15. The van der Waals surface area contributed by atoms with Gasteiger partial charge in [-0.3, -0.25) is 10.4 Å². The van der Waals surface area contributed by atoms with Crippen molar-refractivity contribution in [3.8, 4) is 0 Å². The number of aliphatic carboxylic acids is 1. The molecule has 2 rings (SSSR count). The first-order valence-corrected chi connectivity index (χ1v) is 5.78. The molecule has 94 valence electrons. The predicted octanol–water partition coefficient (Wildman–Crippen LogP) is 2.47. The van der Waals surface area contributed by atoms with Gasteiger partial charge in [-0.05, 0) is 31.6 Å². The molecule has 4 heteroatoms. The highest BCUT2D eigenvalue weighted by Gasteiger charge is 2.11. The van der Waals surface area contributed by atoms with Crippen LogP contribution in [0.15, 0.2) is 42.1 Å². The first-order valence-electron chi connectivity index (χ1n) is 5.78. The molecule has 0 atom stereocenters. The highest BCUT2D eigenvalue weighted by Crippen LogP contribution is 2.18. The summed E-state index contributed by atoms with van der Waals surface area (Å²) in [4.78, 5) is 10.9. The lowest BCUT2D eigenvalue weighted by atomic mass is 10.1. The van der Waals surface area contributed by atoms with Gasteiger partial charge in [-0.15, -0.1) is 0 Å². The smallest absolute Gasteiger partial charge is 0.337 e. The molecule has 0 bridgehead atoms. The highest BCUT2D eigenvalue weighted by molar-refractivity contribution is 5.89. The maximum atomic E-state index is 10.9. The topological polar surface area (TPSA) is 52.6 Å². The van der Waals surface area contributed by atoms with E-state index in [4.69, 9.17) is 5.11 Å². The van der Waals surface area contributed by atoms with Gasteiger partial charge in [-0.2, -0.15) is 0 Å². The molecule has 0 saturated carbocycles. The lowest BCUT2D eigenvalue weighted by Crippen LogP contribution is -2.28. The van der Waals surface area contributed by atoms with E-state index in [9.17, 15) is 4.79 Å². The lowest BCUT2D eigenvalue weighted by Gasteiger charge is -2.25. The highest BCUT2D eigenvalue weighted by atomic mass is 16.4. The molecule has 0 fully saturated rings. The zero-order valence-electron chi connectivity index (χ0n) is 10.5. The SMILES string of the molecule is Cc1ccc(NN2C=C(C(=O)O)C=CC2)c(C)c1. The number of aryl methyl sites for hydroxylation is 2. The van der Waals surface area contributed by atoms with E-state index in [1.165, 1.54) is 5.56 Å². The quantitative estimate of drug-likeness (QED) is 0.857. The number of nitrogens with one attached hydrogen (secondary N) is 1. The average Bonchev–Trinajstić information content (AvgIpc) is 2.33. The minimum atomic E-state index is -0.918. The Kier molecular flexibility index (Phi) is 3.37. The summed E-state index contributed by atoms with van der Waals surface area (Å²) >= 11 is 0. The van der Waals surface area contributed by atoms with Crippen LogP contribution in [0.2, 0.25) is 0 Å². The van der Waals surface area contributed by atoms with E-state index in [-0.39, 0.29) is 5.57 Å². The molecule has 1 heterocycles. The minimum absolute atomic E-state index is 0.276. The molecule has 1 aliphatic rings. The van der Waals surface area contributed by atoms with Crippen molar-refractivity contribution in [2.24, 2.45) is 0 Å². The Labute approximate surface area is 106 Å². The van der Waals surface area contributed by atoms with Crippen LogP contribution in [0.3, 0.4) is 0 Å². The maximum absolute atomic E-state index is 10.9. The predicted molar refractivity (Wildman–Crippen MR) is 71.1 cm³/mol. The third-order valence-corrected chi connectivity index (χ3v) is 2.79. The molecule has 4 nitrogen and oxygen atoms in total. The van der Waals surface area contributed by atoms with Gasteiger partial charge in [0.15, 0.2) is 0 Å². The second-order valence-electron chi connectivity index (χ2n) is 4.37. The zero-order chi connectivity index (χ0) is 13.1. The normalized spacial score (nSPS) is 14.3. The summed E-state index contributed by atoms with van der Waals surface area (Å²) in [6, 6.07) is 6.11. The summed E-state index contributed by atoms with van der Waals surface area (Å²) in [5, 5.41) is 10.7. The molecule has 0 saturated heterocycles. The number of hydrogen-bond acceptors (Lipinski definition) is 3. The fourth-order valence-corrected chi connectivity index (χ4v) is 1.86. The second-order valence-corrected chi connectivity index (χ2v) is 4.37. The molecule has 0 aliphatic carbocycles. The standard InChI is InChI=1S/C14H16N2O2/c1-10-5-6-13(11(2)8-10)15-16-7-3-4-12(9-16)14(17)18/h3-6,8-9,15H,7H2,1-2H3,(H,17,18). The van der Waals surface area contributed by atoms with Crippen LogP contribution >= 0.6 is 0 Å². The van der Waals surface area contributed by atoms with Gasteiger partial charge >= 0.3 is 5.97 Å². The summed E-state index contributed by atoms with van der Waals surface area (Å²) in [6.07, 6.45) is 5.03. The minimum Gasteiger partial charge on any atom is -0.478 e. The molecule has 1 aromatic rings. The molecule has 1 aliphatic heterocycles. The van der Waals surface area contributed by atoms with Crippen molar-refractivity contribution in [3.63, 3.8) is 0 Å². The van der Waals surface area contributed by atoms with Gasteiger partial charge in [0.1, 0.15) is 0 Å². The molecule has 1 aromatic carbocycles. The van der Waals surface area contributed by atoms with Crippen LogP contribution < -0.4 is 5.43 Å². The van der Waals surface area contributed by atoms with Crippen LogP contribution in [0.1, 0.15) is 11.1 Å². The molecular formula is C14H16N2O2. The fraction of sp³-hybridized carbons (Fsp3) is 0.214. The van der Waals surface area contributed by atoms with Crippen LogP contribution in [0.5, 0.6) is 0 Å². The second kappa shape index (κ2) is 4.96. The largest absolute Gasteiger partial charge is 0.478 e. The summed E-state index contributed by atoms with van der Waals surface area (Å²) in [6.45, 7) is 4.71. The van der Waals surface area contributed by atoms with Gasteiger partial charge in [0, 0.05) is 6.20 Å².